The zero-order valence-electron chi connectivity index (χ0n) is 12.5. The summed E-state index contributed by atoms with van der Waals surface area (Å²) in [5, 5.41) is 1.22. The average Bonchev–Trinajstić information content (AvgIpc) is 2.83. The van der Waals surface area contributed by atoms with E-state index in [0.717, 1.165) is 11.3 Å². The summed E-state index contributed by atoms with van der Waals surface area (Å²) in [6, 6.07) is 14.4. The molecule has 3 heteroatoms. The Morgan fingerprint density at radius 1 is 1.05 bits per heavy atom. The Morgan fingerprint density at radius 3 is 2.52 bits per heavy atom. The van der Waals surface area contributed by atoms with Crippen LogP contribution in [0.4, 0.5) is 0 Å². The Hall–Kier alpha value is -2.26. The van der Waals surface area contributed by atoms with Crippen LogP contribution in [0.1, 0.15) is 16.7 Å². The van der Waals surface area contributed by atoms with Crippen LogP contribution < -0.4 is 10.5 Å². The zero-order chi connectivity index (χ0) is 14.8. The molecule has 0 spiro atoms. The van der Waals surface area contributed by atoms with Crippen LogP contribution in [0.15, 0.2) is 48.7 Å². The molecule has 2 aromatic carbocycles. The van der Waals surface area contributed by atoms with E-state index in [1.54, 1.807) is 0 Å². The molecule has 108 valence electrons. The maximum absolute atomic E-state index is 5.91. The van der Waals surface area contributed by atoms with Gasteiger partial charge in [0, 0.05) is 36.3 Å². The molecule has 3 aromatic rings. The number of hydrogen-bond acceptors (Lipinski definition) is 2. The van der Waals surface area contributed by atoms with Gasteiger partial charge in [-0.3, -0.25) is 0 Å². The maximum atomic E-state index is 5.91. The summed E-state index contributed by atoms with van der Waals surface area (Å²) < 4.78 is 8.04. The van der Waals surface area contributed by atoms with E-state index in [9.17, 15) is 0 Å². The van der Waals surface area contributed by atoms with Gasteiger partial charge in [0.2, 0.25) is 0 Å². The van der Waals surface area contributed by atoms with E-state index in [1.807, 2.05) is 12.1 Å². The number of ether oxygens (including phenoxy) is 1. The Kier molecular flexibility index (Phi) is 3.67. The first kappa shape index (κ1) is 13.7. The van der Waals surface area contributed by atoms with Crippen LogP contribution in [0.5, 0.6) is 5.75 Å². The highest BCUT2D eigenvalue weighted by molar-refractivity contribution is 5.87. The minimum absolute atomic E-state index is 0.541. The molecule has 0 bridgehead atoms. The Labute approximate surface area is 125 Å². The number of nitrogens with two attached hydrogens (primary N) is 1. The number of hydrogen-bond donors (Lipinski definition) is 1. The quantitative estimate of drug-likeness (QED) is 0.794. The molecule has 0 aliphatic rings. The van der Waals surface area contributed by atoms with Crippen molar-refractivity contribution in [2.75, 3.05) is 0 Å². The van der Waals surface area contributed by atoms with Crippen molar-refractivity contribution in [1.29, 1.82) is 0 Å². The predicted octanol–water partition coefficient (Wildman–Crippen LogP) is 3.52. The molecule has 1 aromatic heterocycles. The standard InChI is InChI=1S/C18H20N2O/c1-13-6-8-16(9-7-13)21-12-15-11-20(2)17-5-3-4-14(10-19)18(15)17/h3-9,11H,10,12,19H2,1-2H3. The molecular weight excluding hydrogens is 260 g/mol. The SMILES string of the molecule is Cc1ccc(OCc2cn(C)c3cccc(CN)c23)cc1. The molecule has 1 heterocycles. The Morgan fingerprint density at radius 2 is 1.81 bits per heavy atom. The van der Waals surface area contributed by atoms with Crippen molar-refractivity contribution in [3.8, 4) is 5.75 Å². The summed E-state index contributed by atoms with van der Waals surface area (Å²) in [4.78, 5) is 0. The molecule has 0 aliphatic carbocycles. The summed E-state index contributed by atoms with van der Waals surface area (Å²) in [5.41, 5.74) is 10.6. The van der Waals surface area contributed by atoms with Crippen LogP contribution in [-0.2, 0) is 20.2 Å². The minimum Gasteiger partial charge on any atom is -0.489 e. The lowest BCUT2D eigenvalue weighted by Crippen LogP contribution is -1.99. The summed E-state index contributed by atoms with van der Waals surface area (Å²) >= 11 is 0. The summed E-state index contributed by atoms with van der Waals surface area (Å²) in [6.07, 6.45) is 2.12. The summed E-state index contributed by atoms with van der Waals surface area (Å²) in [6.45, 7) is 3.16. The fourth-order valence-electron chi connectivity index (χ4n) is 2.69. The summed E-state index contributed by atoms with van der Waals surface area (Å²) in [5.74, 6) is 0.892. The van der Waals surface area contributed by atoms with Crippen molar-refractivity contribution >= 4 is 10.9 Å². The number of nitrogens with zero attached hydrogens (tertiary/aromatic N) is 1. The fraction of sp³-hybridized carbons (Fsp3) is 0.222. The number of aromatic nitrogens is 1. The molecule has 0 radical (unpaired) electrons. The van der Waals surface area contributed by atoms with Gasteiger partial charge in [-0.15, -0.1) is 0 Å². The van der Waals surface area contributed by atoms with Crippen molar-refractivity contribution in [1.82, 2.24) is 4.57 Å². The molecule has 0 fully saturated rings. The van der Waals surface area contributed by atoms with E-state index >= 15 is 0 Å². The van der Waals surface area contributed by atoms with Gasteiger partial charge < -0.3 is 15.0 Å². The van der Waals surface area contributed by atoms with Crippen molar-refractivity contribution in [2.45, 2.75) is 20.1 Å². The largest absolute Gasteiger partial charge is 0.489 e. The third-order valence-electron chi connectivity index (χ3n) is 3.81. The molecule has 0 aliphatic heterocycles. The topological polar surface area (TPSA) is 40.2 Å². The molecule has 0 unspecified atom stereocenters. The lowest BCUT2D eigenvalue weighted by molar-refractivity contribution is 0.307. The van der Waals surface area contributed by atoms with Crippen LogP contribution in [0.25, 0.3) is 10.9 Å². The number of aryl methyl sites for hydroxylation is 2. The molecule has 2 N–H and O–H groups in total. The number of rotatable bonds is 4. The predicted molar refractivity (Wildman–Crippen MR) is 86.3 cm³/mol. The second-order valence-corrected chi connectivity index (χ2v) is 5.38. The van der Waals surface area contributed by atoms with Gasteiger partial charge >= 0.3 is 0 Å². The molecular formula is C18H20N2O. The fourth-order valence-corrected chi connectivity index (χ4v) is 2.69. The smallest absolute Gasteiger partial charge is 0.119 e. The van der Waals surface area contributed by atoms with Crippen LogP contribution >= 0.6 is 0 Å². The average molecular weight is 280 g/mol. The maximum Gasteiger partial charge on any atom is 0.119 e. The summed E-state index contributed by atoms with van der Waals surface area (Å²) in [7, 11) is 2.05. The van der Waals surface area contributed by atoms with Crippen molar-refractivity contribution < 1.29 is 4.74 Å². The van der Waals surface area contributed by atoms with Crippen molar-refractivity contribution in [3.63, 3.8) is 0 Å². The molecule has 0 saturated carbocycles. The van der Waals surface area contributed by atoms with E-state index < -0.39 is 0 Å². The normalized spacial score (nSPS) is 11.0. The van der Waals surface area contributed by atoms with Gasteiger partial charge in [0.05, 0.1) is 0 Å². The molecule has 0 saturated heterocycles. The van der Waals surface area contributed by atoms with Gasteiger partial charge in [0.1, 0.15) is 12.4 Å². The first-order valence-corrected chi connectivity index (χ1v) is 7.14. The molecule has 3 nitrogen and oxygen atoms in total. The van der Waals surface area contributed by atoms with E-state index in [-0.39, 0.29) is 0 Å². The second-order valence-electron chi connectivity index (χ2n) is 5.38. The Balaban J connectivity index is 1.91. The molecule has 0 atom stereocenters. The monoisotopic (exact) mass is 280 g/mol. The van der Waals surface area contributed by atoms with Gasteiger partial charge in [0.25, 0.3) is 0 Å². The highest BCUT2D eigenvalue weighted by atomic mass is 16.5. The molecule has 21 heavy (non-hydrogen) atoms. The van der Waals surface area contributed by atoms with Gasteiger partial charge in [-0.05, 0) is 30.7 Å². The van der Waals surface area contributed by atoms with Gasteiger partial charge in [0.15, 0.2) is 0 Å². The van der Waals surface area contributed by atoms with Gasteiger partial charge in [-0.2, -0.15) is 0 Å². The van der Waals surface area contributed by atoms with Crippen LogP contribution in [0, 0.1) is 6.92 Å². The van der Waals surface area contributed by atoms with Gasteiger partial charge in [-0.25, -0.2) is 0 Å². The lowest BCUT2D eigenvalue weighted by Gasteiger charge is -2.07. The van der Waals surface area contributed by atoms with Crippen molar-refractivity contribution in [3.05, 3.63) is 65.4 Å². The lowest BCUT2D eigenvalue weighted by atomic mass is 10.1. The highest BCUT2D eigenvalue weighted by Gasteiger charge is 2.10. The van der Waals surface area contributed by atoms with Crippen LogP contribution in [0.2, 0.25) is 0 Å². The van der Waals surface area contributed by atoms with Crippen LogP contribution in [0.3, 0.4) is 0 Å². The second kappa shape index (κ2) is 5.62. The zero-order valence-corrected chi connectivity index (χ0v) is 12.5. The number of fused-ring (bicyclic) bond motifs is 1. The minimum atomic E-state index is 0.541. The van der Waals surface area contributed by atoms with E-state index in [0.29, 0.717) is 13.2 Å². The molecule has 0 amide bonds. The Bertz CT molecular complexity index is 757. The van der Waals surface area contributed by atoms with Gasteiger partial charge in [-0.1, -0.05) is 29.8 Å². The third-order valence-corrected chi connectivity index (χ3v) is 3.81. The molecule has 3 rings (SSSR count). The third kappa shape index (κ3) is 2.65. The highest BCUT2D eigenvalue weighted by Crippen LogP contribution is 2.26. The van der Waals surface area contributed by atoms with E-state index in [1.165, 1.54) is 22.0 Å². The van der Waals surface area contributed by atoms with Crippen molar-refractivity contribution in [2.24, 2.45) is 12.8 Å². The first-order chi connectivity index (χ1) is 10.2. The number of benzene rings is 2. The van der Waals surface area contributed by atoms with Crippen LogP contribution in [-0.4, -0.2) is 4.57 Å². The first-order valence-electron chi connectivity index (χ1n) is 7.14. The van der Waals surface area contributed by atoms with E-state index in [4.69, 9.17) is 10.5 Å². The van der Waals surface area contributed by atoms with E-state index in [2.05, 4.69) is 55.1 Å².